The van der Waals surface area contributed by atoms with Gasteiger partial charge in [-0.3, -0.25) is 43.2 Å². The normalized spacial score (nSPS) is 16.5. The van der Waals surface area contributed by atoms with Crippen molar-refractivity contribution in [2.24, 2.45) is 11.8 Å². The van der Waals surface area contributed by atoms with Crippen LogP contribution in [0.4, 0.5) is 0 Å². The van der Waals surface area contributed by atoms with E-state index in [0.717, 1.165) is 5.56 Å². The number of rotatable bonds is 32. The Bertz CT molecular complexity index is 1910. The van der Waals surface area contributed by atoms with Crippen molar-refractivity contribution in [3.63, 3.8) is 0 Å². The lowest BCUT2D eigenvalue weighted by molar-refractivity contribution is -0.201. The van der Waals surface area contributed by atoms with Gasteiger partial charge in [0.2, 0.25) is 29.5 Å². The molecule has 1 aromatic rings. The standard InChI is InChI=1S/C44H63N7O17/c1-28-5-4-6-31(25-28)41(60)45-17-3-2-7-33(43(62)63)50-36(54)27-48-42(61)32(12-15-39(57)58)49-35(53)26-47-34(52)16-19-65-21-23-67-24-22-66-20-18-46-40(59)29-8-10-30(11-9-29)44(64)68-51-37(55)13-14-38(51)56/h4-6,25,29-30,32-33H,2-3,7-24,26-27H2,1H3,(H,45,60)(H,46,59)(H,47,52)(H,48,61)(H,49,53)(H,50,54)(H,57,58)(H,62,63)/t29?,30?,32-,33?/m1/s1. The van der Waals surface area contributed by atoms with E-state index in [2.05, 4.69) is 31.9 Å². The highest BCUT2D eigenvalue weighted by molar-refractivity contribution is 6.01. The second-order valence-corrected chi connectivity index (χ2v) is 16.0. The van der Waals surface area contributed by atoms with E-state index in [1.165, 1.54) is 0 Å². The molecule has 0 aromatic heterocycles. The SMILES string of the molecule is Cc1cccc(C(=O)NCCCCC(NC(=O)CNC(=O)[C@@H](CCC(=O)O)NC(=O)CNC(=O)CCOCCOCCOCCNC(=O)C2CCC(C(=O)ON3C(=O)CCC3=O)CC2)C(=O)O)c1. The van der Waals surface area contributed by atoms with Crippen molar-refractivity contribution >= 4 is 65.2 Å². The third-order valence-corrected chi connectivity index (χ3v) is 10.7. The summed E-state index contributed by atoms with van der Waals surface area (Å²) >= 11 is 0. The highest BCUT2D eigenvalue weighted by Gasteiger charge is 2.37. The molecule has 1 heterocycles. The minimum Gasteiger partial charge on any atom is -0.481 e. The summed E-state index contributed by atoms with van der Waals surface area (Å²) < 4.78 is 16.3. The zero-order valence-corrected chi connectivity index (χ0v) is 38.1. The van der Waals surface area contributed by atoms with Crippen LogP contribution in [0.1, 0.15) is 93.0 Å². The number of imide groups is 1. The Morgan fingerprint density at radius 2 is 1.26 bits per heavy atom. The summed E-state index contributed by atoms with van der Waals surface area (Å²) in [7, 11) is 0. The summed E-state index contributed by atoms with van der Waals surface area (Å²) in [5.74, 6) is -8.58. The van der Waals surface area contributed by atoms with E-state index in [1.807, 2.05) is 13.0 Å². The Morgan fingerprint density at radius 3 is 1.90 bits per heavy atom. The van der Waals surface area contributed by atoms with Crippen LogP contribution in [0, 0.1) is 18.8 Å². The maximum atomic E-state index is 12.8. The highest BCUT2D eigenvalue weighted by atomic mass is 16.7. The summed E-state index contributed by atoms with van der Waals surface area (Å²) in [5.41, 5.74) is 1.42. The number of carbonyl (C=O) groups excluding carboxylic acids is 9. The molecular weight excluding hydrogens is 899 g/mol. The van der Waals surface area contributed by atoms with Crippen molar-refractivity contribution in [1.29, 1.82) is 0 Å². The number of unbranched alkanes of at least 4 members (excludes halogenated alkanes) is 1. The predicted molar refractivity (Wildman–Crippen MR) is 234 cm³/mol. The van der Waals surface area contributed by atoms with Crippen LogP contribution in [-0.2, 0) is 67.0 Å². The van der Waals surface area contributed by atoms with Crippen LogP contribution >= 0.6 is 0 Å². The van der Waals surface area contributed by atoms with Crippen LogP contribution in [0.25, 0.3) is 0 Å². The van der Waals surface area contributed by atoms with Crippen molar-refractivity contribution in [2.45, 2.75) is 96.1 Å². The van der Waals surface area contributed by atoms with E-state index < -0.39 is 90.9 Å². The third kappa shape index (κ3) is 21.8. The number of hydrogen-bond acceptors (Lipinski definition) is 15. The maximum Gasteiger partial charge on any atom is 0.336 e. The molecule has 1 saturated heterocycles. The van der Waals surface area contributed by atoms with Gasteiger partial charge in [0.1, 0.15) is 12.1 Å². The van der Waals surface area contributed by atoms with E-state index in [9.17, 15) is 57.8 Å². The van der Waals surface area contributed by atoms with Gasteiger partial charge in [-0.1, -0.05) is 17.7 Å². The fraction of sp³-hybridized carbons (Fsp3) is 0.614. The lowest BCUT2D eigenvalue weighted by atomic mass is 9.81. The van der Waals surface area contributed by atoms with Crippen molar-refractivity contribution in [2.75, 3.05) is 65.8 Å². The Hall–Kier alpha value is -6.53. The lowest BCUT2D eigenvalue weighted by Gasteiger charge is -2.27. The van der Waals surface area contributed by atoms with Crippen LogP contribution in [0.2, 0.25) is 0 Å². The Labute approximate surface area is 392 Å². The average molecular weight is 962 g/mol. The molecule has 1 aliphatic heterocycles. The molecule has 24 heteroatoms. The number of aliphatic carboxylic acids is 2. The molecule has 0 bridgehead atoms. The number of aryl methyl sites for hydroxylation is 1. The fourth-order valence-electron chi connectivity index (χ4n) is 6.92. The van der Waals surface area contributed by atoms with Gasteiger partial charge in [-0.05, 0) is 70.4 Å². The van der Waals surface area contributed by atoms with Crippen LogP contribution < -0.4 is 31.9 Å². The Balaban J connectivity index is 1.19. The van der Waals surface area contributed by atoms with E-state index in [1.54, 1.807) is 18.2 Å². The number of carboxylic acid groups (broad SMARTS) is 2. The van der Waals surface area contributed by atoms with Crippen molar-refractivity contribution in [3.05, 3.63) is 35.4 Å². The lowest BCUT2D eigenvalue weighted by Crippen LogP contribution is -2.52. The van der Waals surface area contributed by atoms with Crippen molar-refractivity contribution in [1.82, 2.24) is 37.0 Å². The summed E-state index contributed by atoms with van der Waals surface area (Å²) in [6, 6.07) is 4.35. The van der Waals surface area contributed by atoms with Gasteiger partial charge in [0.15, 0.2) is 0 Å². The number of benzene rings is 1. The number of nitrogens with zero attached hydrogens (tertiary/aromatic N) is 1. The first-order valence-corrected chi connectivity index (χ1v) is 22.5. The van der Waals surface area contributed by atoms with Gasteiger partial charge >= 0.3 is 17.9 Å². The molecule has 68 heavy (non-hydrogen) atoms. The Kier molecular flexibility index (Phi) is 25.2. The average Bonchev–Trinajstić information content (AvgIpc) is 3.63. The molecule has 1 saturated carbocycles. The summed E-state index contributed by atoms with van der Waals surface area (Å²) in [5, 5.41) is 34.0. The van der Waals surface area contributed by atoms with Crippen molar-refractivity contribution in [3.8, 4) is 0 Å². The molecule has 24 nitrogen and oxygen atoms in total. The molecule has 1 unspecified atom stereocenters. The number of hydrogen-bond donors (Lipinski definition) is 8. The van der Waals surface area contributed by atoms with Gasteiger partial charge in [0, 0.05) is 50.3 Å². The van der Waals surface area contributed by atoms with E-state index >= 15 is 0 Å². The molecule has 1 aliphatic carbocycles. The van der Waals surface area contributed by atoms with E-state index in [-0.39, 0.29) is 103 Å². The summed E-state index contributed by atoms with van der Waals surface area (Å²) in [6.07, 6.45) is 1.61. The summed E-state index contributed by atoms with van der Waals surface area (Å²) in [6.45, 7) is 2.28. The van der Waals surface area contributed by atoms with Crippen LogP contribution in [0.5, 0.6) is 0 Å². The monoisotopic (exact) mass is 961 g/mol. The molecule has 0 spiro atoms. The molecule has 3 rings (SSSR count). The zero-order chi connectivity index (χ0) is 49.8. The van der Waals surface area contributed by atoms with E-state index in [4.69, 9.17) is 24.2 Å². The van der Waals surface area contributed by atoms with Gasteiger partial charge in [-0.25, -0.2) is 9.59 Å². The number of ether oxygens (including phenoxy) is 3. The second-order valence-electron chi connectivity index (χ2n) is 16.0. The third-order valence-electron chi connectivity index (χ3n) is 10.7. The second kappa shape index (κ2) is 30.7. The Morgan fingerprint density at radius 1 is 0.662 bits per heavy atom. The van der Waals surface area contributed by atoms with Crippen LogP contribution in [0.3, 0.4) is 0 Å². The van der Waals surface area contributed by atoms with Crippen LogP contribution in [-0.4, -0.2) is 158 Å². The highest BCUT2D eigenvalue weighted by Crippen LogP contribution is 2.30. The fourth-order valence-corrected chi connectivity index (χ4v) is 6.92. The minimum atomic E-state index is -1.39. The minimum absolute atomic E-state index is 0.000537. The first-order chi connectivity index (χ1) is 32.5. The number of amides is 8. The number of carboxylic acids is 2. The van der Waals surface area contributed by atoms with Gasteiger partial charge in [0.05, 0.1) is 58.6 Å². The molecule has 2 atom stereocenters. The molecule has 0 radical (unpaired) electrons. The largest absolute Gasteiger partial charge is 0.481 e. The predicted octanol–water partition coefficient (Wildman–Crippen LogP) is -0.984. The van der Waals surface area contributed by atoms with Gasteiger partial charge < -0.3 is 61.2 Å². The van der Waals surface area contributed by atoms with Gasteiger partial charge in [0.25, 0.3) is 17.7 Å². The first kappa shape index (κ1) is 55.8. The molecule has 8 N–H and O–H groups in total. The summed E-state index contributed by atoms with van der Waals surface area (Å²) in [4.78, 5) is 139. The number of carbonyl (C=O) groups is 11. The molecule has 376 valence electrons. The van der Waals surface area contributed by atoms with Crippen molar-refractivity contribution < 1.29 is 82.0 Å². The van der Waals surface area contributed by atoms with Crippen LogP contribution in [0.15, 0.2) is 24.3 Å². The zero-order valence-electron chi connectivity index (χ0n) is 38.1. The molecule has 2 fully saturated rings. The molecule has 1 aromatic carbocycles. The molecule has 8 amide bonds. The topological polar surface area (TPSA) is 341 Å². The number of nitrogens with one attached hydrogen (secondary N) is 6. The quantitative estimate of drug-likeness (QED) is 0.0318. The smallest absolute Gasteiger partial charge is 0.336 e. The first-order valence-electron chi connectivity index (χ1n) is 22.5. The molecular formula is C44H63N7O17. The van der Waals surface area contributed by atoms with Gasteiger partial charge in [-0.15, -0.1) is 5.06 Å². The van der Waals surface area contributed by atoms with Gasteiger partial charge in [-0.2, -0.15) is 0 Å². The molecule has 2 aliphatic rings. The maximum absolute atomic E-state index is 12.8. The van der Waals surface area contributed by atoms with E-state index in [0.29, 0.717) is 49.2 Å². The number of hydroxylamine groups is 2.